The monoisotopic (exact) mass is 496 g/mol. The molecule has 1 aromatic heterocycles. The van der Waals surface area contributed by atoms with Crippen molar-refractivity contribution in [2.45, 2.75) is 43.5 Å². The Labute approximate surface area is 184 Å². The van der Waals surface area contributed by atoms with Crippen LogP contribution in [0.3, 0.4) is 0 Å². The van der Waals surface area contributed by atoms with Gasteiger partial charge in [0.25, 0.3) is 0 Å². The van der Waals surface area contributed by atoms with Crippen molar-refractivity contribution >= 4 is 43.2 Å². The fourth-order valence-electron chi connectivity index (χ4n) is 4.45. The molecule has 0 N–H and O–H groups in total. The summed E-state index contributed by atoms with van der Waals surface area (Å²) in [4.78, 5) is 17.1. The van der Waals surface area contributed by atoms with Crippen molar-refractivity contribution in [2.24, 2.45) is 5.92 Å². The van der Waals surface area contributed by atoms with E-state index in [1.54, 1.807) is 35.6 Å². The molecule has 0 spiro atoms. The lowest BCUT2D eigenvalue weighted by atomic mass is 9.93. The van der Waals surface area contributed by atoms with Crippen LogP contribution in [0.2, 0.25) is 0 Å². The van der Waals surface area contributed by atoms with Crippen molar-refractivity contribution < 1.29 is 13.2 Å². The zero-order chi connectivity index (χ0) is 20.6. The van der Waals surface area contributed by atoms with E-state index >= 15 is 0 Å². The zero-order valence-corrected chi connectivity index (χ0v) is 19.6. The number of benzene rings is 1. The van der Waals surface area contributed by atoms with Gasteiger partial charge in [-0.1, -0.05) is 22.9 Å². The summed E-state index contributed by atoms with van der Waals surface area (Å²) in [6.45, 7) is 3.57. The van der Waals surface area contributed by atoms with E-state index in [1.807, 2.05) is 4.90 Å². The molecule has 2 aromatic rings. The molecule has 2 unspecified atom stereocenters. The third-order valence-corrected chi connectivity index (χ3v) is 9.35. The molecule has 3 heterocycles. The van der Waals surface area contributed by atoms with Gasteiger partial charge < -0.3 is 4.90 Å². The molecule has 0 saturated carbocycles. The van der Waals surface area contributed by atoms with E-state index in [1.165, 1.54) is 14.7 Å². The molecule has 1 fully saturated rings. The summed E-state index contributed by atoms with van der Waals surface area (Å²) in [6, 6.07) is 8.94. The highest BCUT2D eigenvalue weighted by atomic mass is 79.9. The Morgan fingerprint density at radius 1 is 1.21 bits per heavy atom. The number of nitrogens with zero attached hydrogens (tertiary/aromatic N) is 2. The Morgan fingerprint density at radius 3 is 2.69 bits per heavy atom. The molecule has 29 heavy (non-hydrogen) atoms. The second-order valence-corrected chi connectivity index (χ2v) is 11.5. The predicted molar refractivity (Wildman–Crippen MR) is 118 cm³/mol. The molecule has 5 nitrogen and oxygen atoms in total. The first-order chi connectivity index (χ1) is 13.9. The Balaban J connectivity index is 1.52. The van der Waals surface area contributed by atoms with Crippen LogP contribution in [0.1, 0.15) is 42.7 Å². The summed E-state index contributed by atoms with van der Waals surface area (Å²) in [6.07, 6.45) is 3.22. The number of carbonyl (C=O) groups excluding carboxylic acids is 1. The smallest absolute Gasteiger partial charge is 0.243 e. The first-order valence-electron chi connectivity index (χ1n) is 10.0. The molecular formula is C21H25BrN2O3S2. The molecule has 2 aliphatic heterocycles. The molecular weight excluding hydrogens is 472 g/mol. The number of thiophene rings is 1. The van der Waals surface area contributed by atoms with E-state index in [9.17, 15) is 13.2 Å². The summed E-state index contributed by atoms with van der Waals surface area (Å²) in [5.74, 6) is -0.174. The van der Waals surface area contributed by atoms with Crippen LogP contribution in [0.25, 0.3) is 0 Å². The van der Waals surface area contributed by atoms with Crippen molar-refractivity contribution in [2.75, 3.05) is 19.6 Å². The van der Waals surface area contributed by atoms with E-state index < -0.39 is 10.0 Å². The van der Waals surface area contributed by atoms with Crippen molar-refractivity contribution in [1.29, 1.82) is 0 Å². The summed E-state index contributed by atoms with van der Waals surface area (Å²) < 4.78 is 28.5. The van der Waals surface area contributed by atoms with E-state index in [0.717, 1.165) is 30.3 Å². The number of hydrogen-bond acceptors (Lipinski definition) is 4. The first kappa shape index (κ1) is 21.0. The minimum Gasteiger partial charge on any atom is -0.335 e. The summed E-state index contributed by atoms with van der Waals surface area (Å²) in [7, 11) is -3.59. The molecule has 4 rings (SSSR count). The molecule has 1 saturated heterocycles. The van der Waals surface area contributed by atoms with E-state index in [2.05, 4.69) is 34.3 Å². The molecule has 0 aliphatic carbocycles. The average molecular weight is 497 g/mol. The van der Waals surface area contributed by atoms with Gasteiger partial charge in [0.15, 0.2) is 0 Å². The third kappa shape index (κ3) is 4.04. The topological polar surface area (TPSA) is 57.7 Å². The minimum absolute atomic E-state index is 0.101. The number of sulfonamides is 1. The van der Waals surface area contributed by atoms with Crippen molar-refractivity contribution in [3.8, 4) is 0 Å². The molecule has 2 atom stereocenters. The van der Waals surface area contributed by atoms with Crippen molar-refractivity contribution in [3.05, 3.63) is 50.6 Å². The zero-order valence-electron chi connectivity index (χ0n) is 16.4. The van der Waals surface area contributed by atoms with E-state index in [0.29, 0.717) is 13.0 Å². The number of fused-ring (bicyclic) bond motifs is 1. The Hall–Kier alpha value is -1.22. The number of rotatable bonds is 4. The summed E-state index contributed by atoms with van der Waals surface area (Å²) in [5, 5.41) is 2.11. The number of piperidine rings is 1. The highest BCUT2D eigenvalue weighted by Crippen LogP contribution is 2.37. The normalized spacial score (nSPS) is 23.0. The molecule has 0 bridgehead atoms. The summed E-state index contributed by atoms with van der Waals surface area (Å²) >= 11 is 5.11. The van der Waals surface area contributed by atoms with Gasteiger partial charge in [0.05, 0.1) is 16.9 Å². The Bertz CT molecular complexity index is 988. The largest absolute Gasteiger partial charge is 0.335 e. The van der Waals surface area contributed by atoms with Gasteiger partial charge in [-0.05, 0) is 67.0 Å². The van der Waals surface area contributed by atoms with Gasteiger partial charge in [0.1, 0.15) is 0 Å². The van der Waals surface area contributed by atoms with Gasteiger partial charge in [0, 0.05) is 29.0 Å². The molecule has 1 aromatic carbocycles. The number of amides is 1. The molecule has 0 radical (unpaired) electrons. The molecule has 2 aliphatic rings. The van der Waals surface area contributed by atoms with Gasteiger partial charge in [-0.3, -0.25) is 4.79 Å². The summed E-state index contributed by atoms with van der Waals surface area (Å²) in [5.41, 5.74) is 1.27. The standard InChI is InChI=1S/C21H25BrN2O3S2/c1-2-19-18-10-13-28-20(18)9-12-24(19)21(25)15-4-3-11-23(14-15)29(26,27)17-7-5-16(22)6-8-17/h5-8,10,13,15,19H,2-4,9,11-12,14H2,1H3. The quantitative estimate of drug-likeness (QED) is 0.628. The van der Waals surface area contributed by atoms with Gasteiger partial charge in [0.2, 0.25) is 15.9 Å². The predicted octanol–water partition coefficient (Wildman–Crippen LogP) is 4.45. The fraction of sp³-hybridized carbons (Fsp3) is 0.476. The second-order valence-electron chi connectivity index (χ2n) is 7.66. The molecule has 1 amide bonds. The lowest BCUT2D eigenvalue weighted by molar-refractivity contribution is -0.139. The van der Waals surface area contributed by atoms with Gasteiger partial charge in [-0.2, -0.15) is 4.31 Å². The third-order valence-electron chi connectivity index (χ3n) is 5.95. The van der Waals surface area contributed by atoms with Crippen LogP contribution < -0.4 is 0 Å². The van der Waals surface area contributed by atoms with Gasteiger partial charge in [-0.15, -0.1) is 11.3 Å². The van der Waals surface area contributed by atoms with Gasteiger partial charge >= 0.3 is 0 Å². The number of hydrogen-bond donors (Lipinski definition) is 0. The van der Waals surface area contributed by atoms with Crippen LogP contribution in [0.4, 0.5) is 0 Å². The van der Waals surface area contributed by atoms with Crippen LogP contribution in [-0.2, 0) is 21.2 Å². The minimum atomic E-state index is -3.59. The lowest BCUT2D eigenvalue weighted by Gasteiger charge is -2.40. The Kier molecular flexibility index (Phi) is 6.16. The van der Waals surface area contributed by atoms with Crippen LogP contribution in [0, 0.1) is 5.92 Å². The van der Waals surface area contributed by atoms with Crippen molar-refractivity contribution in [1.82, 2.24) is 9.21 Å². The van der Waals surface area contributed by atoms with Crippen molar-refractivity contribution in [3.63, 3.8) is 0 Å². The molecule has 8 heteroatoms. The maximum Gasteiger partial charge on any atom is 0.243 e. The van der Waals surface area contributed by atoms with E-state index in [4.69, 9.17) is 0 Å². The molecule has 156 valence electrons. The highest BCUT2D eigenvalue weighted by molar-refractivity contribution is 9.10. The maximum atomic E-state index is 13.4. The lowest BCUT2D eigenvalue weighted by Crippen LogP contribution is -2.49. The van der Waals surface area contributed by atoms with Crippen LogP contribution in [0.5, 0.6) is 0 Å². The van der Waals surface area contributed by atoms with Crippen LogP contribution in [0.15, 0.2) is 45.1 Å². The Morgan fingerprint density at radius 2 is 1.97 bits per heavy atom. The average Bonchev–Trinajstić information content (AvgIpc) is 3.22. The van der Waals surface area contributed by atoms with E-state index in [-0.39, 0.29) is 29.3 Å². The van der Waals surface area contributed by atoms with Crippen LogP contribution in [-0.4, -0.2) is 43.2 Å². The second kappa shape index (κ2) is 8.49. The number of halogens is 1. The maximum absolute atomic E-state index is 13.4. The highest BCUT2D eigenvalue weighted by Gasteiger charge is 2.38. The first-order valence-corrected chi connectivity index (χ1v) is 13.2. The fourth-order valence-corrected chi connectivity index (χ4v) is 7.17. The van der Waals surface area contributed by atoms with Crippen LogP contribution >= 0.6 is 27.3 Å². The SMILES string of the molecule is CCC1c2ccsc2CCN1C(=O)C1CCCN(S(=O)(=O)c2ccc(Br)cc2)C1. The van der Waals surface area contributed by atoms with Gasteiger partial charge in [-0.25, -0.2) is 8.42 Å². The number of carbonyl (C=O) groups is 1.